The highest BCUT2D eigenvalue weighted by Gasteiger charge is 2.24. The van der Waals surface area contributed by atoms with Gasteiger partial charge in [0.25, 0.3) is 0 Å². The molecule has 1 heterocycles. The molecular formula is C14H13FN2O3. The normalized spacial score (nSPS) is 14.2. The number of ketones is 1. The van der Waals surface area contributed by atoms with Crippen molar-refractivity contribution in [2.75, 3.05) is 4.90 Å². The van der Waals surface area contributed by atoms with Crippen LogP contribution < -0.4 is 4.90 Å². The summed E-state index contributed by atoms with van der Waals surface area (Å²) >= 11 is 0. The van der Waals surface area contributed by atoms with Crippen molar-refractivity contribution in [3.8, 4) is 0 Å². The summed E-state index contributed by atoms with van der Waals surface area (Å²) in [6, 6.07) is 1.12. The molecule has 1 aromatic heterocycles. The number of imide groups is 1. The van der Waals surface area contributed by atoms with Gasteiger partial charge in [0.1, 0.15) is 0 Å². The van der Waals surface area contributed by atoms with Crippen LogP contribution in [0.15, 0.2) is 18.3 Å². The first-order valence-electron chi connectivity index (χ1n) is 6.12. The van der Waals surface area contributed by atoms with Gasteiger partial charge in [-0.2, -0.15) is 0 Å². The van der Waals surface area contributed by atoms with E-state index in [4.69, 9.17) is 0 Å². The van der Waals surface area contributed by atoms with E-state index in [0.29, 0.717) is 28.9 Å². The lowest BCUT2D eigenvalue weighted by atomic mass is 10.1. The fourth-order valence-corrected chi connectivity index (χ4v) is 2.14. The molecule has 20 heavy (non-hydrogen) atoms. The van der Waals surface area contributed by atoms with Gasteiger partial charge < -0.3 is 0 Å². The Labute approximate surface area is 115 Å². The van der Waals surface area contributed by atoms with Crippen LogP contribution in [0.2, 0.25) is 0 Å². The third kappa shape index (κ3) is 2.49. The largest absolute Gasteiger partial charge is 0.294 e. The molecule has 5 nitrogen and oxygen atoms in total. The number of amides is 2. The predicted molar refractivity (Wildman–Crippen MR) is 70.3 cm³/mol. The minimum Gasteiger partial charge on any atom is -0.294 e. The number of carbonyl (C=O) groups excluding carboxylic acids is 3. The van der Waals surface area contributed by atoms with Gasteiger partial charge in [-0.15, -0.1) is 0 Å². The number of hydrogen-bond donors (Lipinski definition) is 0. The van der Waals surface area contributed by atoms with Crippen molar-refractivity contribution < 1.29 is 18.8 Å². The molecule has 0 unspecified atom stereocenters. The predicted octanol–water partition coefficient (Wildman–Crippen LogP) is 1.87. The molecule has 1 aliphatic carbocycles. The third-order valence-corrected chi connectivity index (χ3v) is 2.99. The van der Waals surface area contributed by atoms with Gasteiger partial charge in [0.15, 0.2) is 17.4 Å². The molecular weight excluding hydrogens is 263 g/mol. The number of Topliss-reactive ketones (excluding diaryl/α,β-unsaturated/α-hetero) is 1. The number of anilines is 1. The van der Waals surface area contributed by atoms with E-state index in [1.165, 1.54) is 6.20 Å². The van der Waals surface area contributed by atoms with Crippen LogP contribution in [-0.2, 0) is 14.4 Å². The van der Waals surface area contributed by atoms with Crippen molar-refractivity contribution in [3.63, 3.8) is 0 Å². The molecule has 0 N–H and O–H groups in total. The van der Waals surface area contributed by atoms with Crippen LogP contribution >= 0.6 is 0 Å². The molecule has 0 fully saturated rings. The Morgan fingerprint density at radius 2 is 1.95 bits per heavy atom. The summed E-state index contributed by atoms with van der Waals surface area (Å²) in [6.45, 7) is 2.30. The molecule has 0 aliphatic heterocycles. The van der Waals surface area contributed by atoms with E-state index in [9.17, 15) is 18.8 Å². The van der Waals surface area contributed by atoms with Gasteiger partial charge in [-0.1, -0.05) is 6.08 Å². The molecule has 0 atom stereocenters. The third-order valence-electron chi connectivity index (χ3n) is 2.99. The molecule has 0 saturated carbocycles. The smallest absolute Gasteiger partial charge is 0.231 e. The molecule has 2 amide bonds. The van der Waals surface area contributed by atoms with Crippen molar-refractivity contribution in [1.29, 1.82) is 0 Å². The number of halogens is 1. The van der Waals surface area contributed by atoms with Gasteiger partial charge in [0.05, 0.1) is 0 Å². The summed E-state index contributed by atoms with van der Waals surface area (Å²) in [5.74, 6) is -2.46. The summed E-state index contributed by atoms with van der Waals surface area (Å²) in [5, 5.41) is 0. The zero-order valence-electron chi connectivity index (χ0n) is 11.1. The fraction of sp³-hybridized carbons (Fsp3) is 0.286. The molecule has 0 radical (unpaired) electrons. The van der Waals surface area contributed by atoms with E-state index in [1.807, 2.05) is 0 Å². The second-order valence-electron chi connectivity index (χ2n) is 4.48. The van der Waals surface area contributed by atoms with Crippen molar-refractivity contribution in [2.24, 2.45) is 0 Å². The Morgan fingerprint density at radius 3 is 2.40 bits per heavy atom. The number of nitrogens with zero attached hydrogens (tertiary/aromatic N) is 2. The lowest BCUT2D eigenvalue weighted by Gasteiger charge is -2.17. The quantitative estimate of drug-likeness (QED) is 0.827. The first-order valence-corrected chi connectivity index (χ1v) is 6.12. The summed E-state index contributed by atoms with van der Waals surface area (Å²) in [7, 11) is 0. The minimum absolute atomic E-state index is 0.0612. The molecule has 0 aromatic carbocycles. The molecule has 2 rings (SSSR count). The van der Waals surface area contributed by atoms with E-state index in [-0.39, 0.29) is 11.6 Å². The van der Waals surface area contributed by atoms with Crippen molar-refractivity contribution >= 4 is 29.0 Å². The van der Waals surface area contributed by atoms with Gasteiger partial charge in [-0.3, -0.25) is 14.4 Å². The Bertz CT molecular complexity index is 623. The SMILES string of the molecule is CC(=O)N(C(C)=O)c1ncc(C2=CCCC2=O)cc1F. The summed E-state index contributed by atoms with van der Waals surface area (Å²) in [6.07, 6.45) is 4.06. The number of pyridine rings is 1. The number of carbonyl (C=O) groups is 3. The zero-order chi connectivity index (χ0) is 14.9. The van der Waals surface area contributed by atoms with Gasteiger partial charge in [-0.05, 0) is 12.5 Å². The molecule has 1 aromatic rings. The van der Waals surface area contributed by atoms with Gasteiger partial charge in [0.2, 0.25) is 11.8 Å². The number of hydrogen-bond acceptors (Lipinski definition) is 4. The van der Waals surface area contributed by atoms with Crippen molar-refractivity contribution in [1.82, 2.24) is 4.98 Å². The van der Waals surface area contributed by atoms with Gasteiger partial charge in [0, 0.05) is 37.6 Å². The lowest BCUT2D eigenvalue weighted by molar-refractivity contribution is -0.124. The minimum atomic E-state index is -0.812. The first kappa shape index (κ1) is 14.0. The second kappa shape index (κ2) is 5.32. The van der Waals surface area contributed by atoms with E-state index in [2.05, 4.69) is 4.98 Å². The molecule has 0 spiro atoms. The average Bonchev–Trinajstić information content (AvgIpc) is 2.77. The Hall–Kier alpha value is -2.37. The number of rotatable bonds is 2. The number of allylic oxidation sites excluding steroid dienone is 2. The van der Waals surface area contributed by atoms with E-state index in [1.54, 1.807) is 6.08 Å². The van der Waals surface area contributed by atoms with Crippen LogP contribution in [0.4, 0.5) is 10.2 Å². The lowest BCUT2D eigenvalue weighted by Crippen LogP contribution is -2.34. The summed E-state index contributed by atoms with van der Waals surface area (Å²) in [4.78, 5) is 38.8. The zero-order valence-corrected chi connectivity index (χ0v) is 11.1. The second-order valence-corrected chi connectivity index (χ2v) is 4.48. The first-order chi connectivity index (χ1) is 9.41. The van der Waals surface area contributed by atoms with E-state index < -0.39 is 17.6 Å². The Balaban J connectivity index is 2.42. The van der Waals surface area contributed by atoms with Gasteiger partial charge in [-0.25, -0.2) is 14.3 Å². The highest BCUT2D eigenvalue weighted by atomic mass is 19.1. The van der Waals surface area contributed by atoms with E-state index >= 15 is 0 Å². The Morgan fingerprint density at radius 1 is 1.30 bits per heavy atom. The van der Waals surface area contributed by atoms with Crippen molar-refractivity contribution in [2.45, 2.75) is 26.7 Å². The van der Waals surface area contributed by atoms with E-state index in [0.717, 1.165) is 19.9 Å². The van der Waals surface area contributed by atoms with Crippen LogP contribution in [0, 0.1) is 5.82 Å². The van der Waals surface area contributed by atoms with Crippen LogP contribution in [0.3, 0.4) is 0 Å². The highest BCUT2D eigenvalue weighted by molar-refractivity contribution is 6.22. The van der Waals surface area contributed by atoms with Crippen LogP contribution in [0.25, 0.3) is 5.57 Å². The average molecular weight is 276 g/mol. The molecule has 6 heteroatoms. The number of aromatic nitrogens is 1. The fourth-order valence-electron chi connectivity index (χ4n) is 2.14. The molecule has 0 bridgehead atoms. The van der Waals surface area contributed by atoms with Crippen molar-refractivity contribution in [3.05, 3.63) is 29.7 Å². The maximum Gasteiger partial charge on any atom is 0.231 e. The summed E-state index contributed by atoms with van der Waals surface area (Å²) in [5.41, 5.74) is 0.793. The Kier molecular flexibility index (Phi) is 3.74. The summed E-state index contributed by atoms with van der Waals surface area (Å²) < 4.78 is 14.1. The standard InChI is InChI=1S/C14H13FN2O3/c1-8(18)17(9(2)19)14-12(15)6-10(7-16-14)11-4-3-5-13(11)20/h4,6-7H,3,5H2,1-2H3. The maximum atomic E-state index is 14.1. The molecule has 1 aliphatic rings. The maximum absolute atomic E-state index is 14.1. The monoisotopic (exact) mass is 276 g/mol. The van der Waals surface area contributed by atoms with Crippen LogP contribution in [0.5, 0.6) is 0 Å². The highest BCUT2D eigenvalue weighted by Crippen LogP contribution is 2.27. The van der Waals surface area contributed by atoms with Gasteiger partial charge >= 0.3 is 0 Å². The molecule has 0 saturated heterocycles. The van der Waals surface area contributed by atoms with Crippen LogP contribution in [0.1, 0.15) is 32.3 Å². The van der Waals surface area contributed by atoms with Crippen LogP contribution in [-0.4, -0.2) is 22.6 Å². The topological polar surface area (TPSA) is 67.3 Å². The molecule has 104 valence electrons.